The molecule has 96 valence electrons. The highest BCUT2D eigenvalue weighted by molar-refractivity contribution is 5.30. The highest BCUT2D eigenvalue weighted by atomic mass is 16.3. The van der Waals surface area contributed by atoms with E-state index >= 15 is 0 Å². The van der Waals surface area contributed by atoms with Gasteiger partial charge in [-0.2, -0.15) is 0 Å². The van der Waals surface area contributed by atoms with Crippen LogP contribution in [0.25, 0.3) is 0 Å². The molecule has 0 amide bonds. The lowest BCUT2D eigenvalue weighted by Gasteiger charge is -2.22. The average Bonchev–Trinajstić information content (AvgIpc) is 2.71. The van der Waals surface area contributed by atoms with Gasteiger partial charge in [-0.3, -0.25) is 0 Å². The van der Waals surface area contributed by atoms with Crippen molar-refractivity contribution >= 4 is 0 Å². The lowest BCUT2D eigenvalue weighted by molar-refractivity contribution is 0.178. The van der Waals surface area contributed by atoms with Gasteiger partial charge in [0.1, 0.15) is 0 Å². The number of aryl methyl sites for hydroxylation is 2. The highest BCUT2D eigenvalue weighted by Gasteiger charge is 2.21. The molecular weight excluding hydrogens is 212 g/mol. The molecule has 1 aromatic rings. The lowest BCUT2D eigenvalue weighted by Crippen LogP contribution is -2.23. The number of hydrogen-bond acceptors (Lipinski definition) is 2. The number of fused-ring (bicyclic) bond motifs is 1. The van der Waals surface area contributed by atoms with E-state index in [0.29, 0.717) is 6.04 Å². The smallest absolute Gasteiger partial charge is 0.0529 e. The van der Waals surface area contributed by atoms with E-state index in [0.717, 1.165) is 19.5 Å². The van der Waals surface area contributed by atoms with Crippen LogP contribution in [-0.4, -0.2) is 22.3 Å². The van der Waals surface area contributed by atoms with E-state index in [4.69, 9.17) is 0 Å². The Hall–Kier alpha value is -0.800. The molecule has 0 fully saturated rings. The first-order valence-electron chi connectivity index (χ1n) is 6.80. The molecule has 1 aromatic heterocycles. The third-order valence-electron chi connectivity index (χ3n) is 3.57. The SMILES string of the molecule is CCNC1CCCc2cn(CCC(C)O)cc21. The molecule has 3 nitrogen and oxygen atoms in total. The van der Waals surface area contributed by atoms with E-state index < -0.39 is 0 Å². The Kier molecular flexibility index (Phi) is 4.24. The van der Waals surface area contributed by atoms with E-state index in [1.54, 1.807) is 0 Å². The summed E-state index contributed by atoms with van der Waals surface area (Å²) in [4.78, 5) is 0. The summed E-state index contributed by atoms with van der Waals surface area (Å²) in [6.45, 7) is 5.97. The van der Waals surface area contributed by atoms with Gasteiger partial charge in [0, 0.05) is 25.0 Å². The van der Waals surface area contributed by atoms with Crippen LogP contribution < -0.4 is 5.32 Å². The molecule has 0 radical (unpaired) electrons. The normalized spacial score (nSPS) is 21.2. The van der Waals surface area contributed by atoms with Crippen molar-refractivity contribution in [2.45, 2.75) is 58.2 Å². The van der Waals surface area contributed by atoms with Crippen LogP contribution in [-0.2, 0) is 13.0 Å². The number of nitrogens with zero attached hydrogens (tertiary/aromatic N) is 1. The van der Waals surface area contributed by atoms with Gasteiger partial charge in [0.15, 0.2) is 0 Å². The van der Waals surface area contributed by atoms with Crippen LogP contribution in [0.2, 0.25) is 0 Å². The average molecular weight is 236 g/mol. The summed E-state index contributed by atoms with van der Waals surface area (Å²) in [5, 5.41) is 12.9. The van der Waals surface area contributed by atoms with Crippen molar-refractivity contribution in [3.63, 3.8) is 0 Å². The fourth-order valence-electron chi connectivity index (χ4n) is 2.67. The Labute approximate surface area is 104 Å². The highest BCUT2D eigenvalue weighted by Crippen LogP contribution is 2.30. The zero-order valence-electron chi connectivity index (χ0n) is 10.9. The van der Waals surface area contributed by atoms with Crippen molar-refractivity contribution in [2.75, 3.05) is 6.54 Å². The minimum Gasteiger partial charge on any atom is -0.393 e. The third kappa shape index (κ3) is 3.11. The number of aliphatic hydroxyl groups is 1. The fourth-order valence-corrected chi connectivity index (χ4v) is 2.67. The second-order valence-electron chi connectivity index (χ2n) is 5.12. The van der Waals surface area contributed by atoms with Crippen molar-refractivity contribution in [3.8, 4) is 0 Å². The molecule has 3 heteroatoms. The molecule has 17 heavy (non-hydrogen) atoms. The summed E-state index contributed by atoms with van der Waals surface area (Å²) in [6, 6.07) is 0.538. The van der Waals surface area contributed by atoms with Crippen molar-refractivity contribution in [1.29, 1.82) is 0 Å². The van der Waals surface area contributed by atoms with Gasteiger partial charge in [0.2, 0.25) is 0 Å². The molecule has 0 spiro atoms. The summed E-state index contributed by atoms with van der Waals surface area (Å²) in [6.07, 6.45) is 8.90. The fraction of sp³-hybridized carbons (Fsp3) is 0.714. The van der Waals surface area contributed by atoms with Crippen molar-refractivity contribution in [2.24, 2.45) is 0 Å². The zero-order chi connectivity index (χ0) is 12.3. The van der Waals surface area contributed by atoms with Crippen molar-refractivity contribution in [3.05, 3.63) is 23.5 Å². The number of nitrogens with one attached hydrogen (secondary N) is 1. The summed E-state index contributed by atoms with van der Waals surface area (Å²) < 4.78 is 2.24. The van der Waals surface area contributed by atoms with Crippen LogP contribution in [0.3, 0.4) is 0 Å². The summed E-state index contributed by atoms with van der Waals surface area (Å²) in [5.41, 5.74) is 2.97. The minimum atomic E-state index is -0.209. The maximum Gasteiger partial charge on any atom is 0.0529 e. The van der Waals surface area contributed by atoms with Gasteiger partial charge in [-0.25, -0.2) is 0 Å². The number of aliphatic hydroxyl groups excluding tert-OH is 1. The Morgan fingerprint density at radius 1 is 1.53 bits per heavy atom. The van der Waals surface area contributed by atoms with E-state index in [1.807, 2.05) is 6.92 Å². The first-order valence-corrected chi connectivity index (χ1v) is 6.80. The molecule has 0 saturated carbocycles. The number of aromatic nitrogens is 1. The predicted octanol–water partition coefficient (Wildman–Crippen LogP) is 2.25. The Morgan fingerprint density at radius 2 is 2.35 bits per heavy atom. The molecule has 2 N–H and O–H groups in total. The molecule has 1 aliphatic carbocycles. The van der Waals surface area contributed by atoms with Crippen molar-refractivity contribution in [1.82, 2.24) is 9.88 Å². The van der Waals surface area contributed by atoms with Crippen LogP contribution in [0, 0.1) is 0 Å². The molecule has 0 bridgehead atoms. The quantitative estimate of drug-likeness (QED) is 0.822. The maximum atomic E-state index is 9.33. The van der Waals surface area contributed by atoms with E-state index in [2.05, 4.69) is 29.2 Å². The molecule has 2 rings (SSSR count). The van der Waals surface area contributed by atoms with Gasteiger partial charge in [-0.05, 0) is 50.3 Å². The van der Waals surface area contributed by atoms with Gasteiger partial charge in [-0.15, -0.1) is 0 Å². The molecule has 2 atom stereocenters. The second kappa shape index (κ2) is 5.69. The van der Waals surface area contributed by atoms with Gasteiger partial charge in [0.05, 0.1) is 6.10 Å². The van der Waals surface area contributed by atoms with Gasteiger partial charge in [-0.1, -0.05) is 6.92 Å². The van der Waals surface area contributed by atoms with Crippen LogP contribution >= 0.6 is 0 Å². The predicted molar refractivity (Wildman–Crippen MR) is 70.1 cm³/mol. The van der Waals surface area contributed by atoms with Crippen LogP contribution in [0.4, 0.5) is 0 Å². The van der Waals surface area contributed by atoms with Crippen LogP contribution in [0.5, 0.6) is 0 Å². The molecule has 1 aliphatic rings. The Morgan fingerprint density at radius 3 is 3.06 bits per heavy atom. The first kappa shape index (κ1) is 12.7. The van der Waals surface area contributed by atoms with E-state index in [1.165, 1.54) is 30.4 Å². The molecule has 1 heterocycles. The number of hydrogen-bond donors (Lipinski definition) is 2. The molecule has 0 saturated heterocycles. The summed E-state index contributed by atoms with van der Waals surface area (Å²) >= 11 is 0. The second-order valence-corrected chi connectivity index (χ2v) is 5.12. The van der Waals surface area contributed by atoms with E-state index in [-0.39, 0.29) is 6.10 Å². The monoisotopic (exact) mass is 236 g/mol. The Bertz CT molecular complexity index is 357. The molecule has 2 unspecified atom stereocenters. The minimum absolute atomic E-state index is 0.209. The maximum absolute atomic E-state index is 9.33. The largest absolute Gasteiger partial charge is 0.393 e. The third-order valence-corrected chi connectivity index (χ3v) is 3.57. The van der Waals surface area contributed by atoms with Gasteiger partial charge >= 0.3 is 0 Å². The van der Waals surface area contributed by atoms with Gasteiger partial charge < -0.3 is 15.0 Å². The molecule has 0 aromatic carbocycles. The van der Waals surface area contributed by atoms with E-state index in [9.17, 15) is 5.11 Å². The Balaban J connectivity index is 2.07. The molecule has 0 aliphatic heterocycles. The number of rotatable bonds is 5. The zero-order valence-corrected chi connectivity index (χ0v) is 10.9. The topological polar surface area (TPSA) is 37.2 Å². The molecular formula is C14H24N2O. The van der Waals surface area contributed by atoms with Crippen LogP contribution in [0.15, 0.2) is 12.4 Å². The lowest BCUT2D eigenvalue weighted by atomic mass is 9.91. The van der Waals surface area contributed by atoms with Gasteiger partial charge in [0.25, 0.3) is 0 Å². The summed E-state index contributed by atoms with van der Waals surface area (Å²) in [5.74, 6) is 0. The summed E-state index contributed by atoms with van der Waals surface area (Å²) in [7, 11) is 0. The van der Waals surface area contributed by atoms with Crippen molar-refractivity contribution < 1.29 is 5.11 Å². The van der Waals surface area contributed by atoms with Crippen LogP contribution in [0.1, 0.15) is 50.3 Å². The standard InChI is InChI=1S/C14H24N2O/c1-3-15-14-6-4-5-12-9-16(10-13(12)14)8-7-11(2)17/h9-11,14-15,17H,3-8H2,1-2H3. The first-order chi connectivity index (χ1) is 8.20.